The van der Waals surface area contributed by atoms with Gasteiger partial charge in [0.1, 0.15) is 5.01 Å². The van der Waals surface area contributed by atoms with E-state index >= 15 is 0 Å². The van der Waals surface area contributed by atoms with Crippen LogP contribution in [0.3, 0.4) is 0 Å². The molecule has 0 atom stereocenters. The summed E-state index contributed by atoms with van der Waals surface area (Å²) in [6, 6.07) is 0. The van der Waals surface area contributed by atoms with Crippen LogP contribution in [0.15, 0.2) is 0 Å². The highest BCUT2D eigenvalue weighted by molar-refractivity contribution is 7.19. The third kappa shape index (κ3) is 1.05. The van der Waals surface area contributed by atoms with Gasteiger partial charge in [0.15, 0.2) is 7.85 Å². The fraction of sp³-hybridized carbons (Fsp3) is 0.333. The summed E-state index contributed by atoms with van der Waals surface area (Å²) >= 11 is 1.19. The second-order valence-electron chi connectivity index (χ2n) is 1.19. The van der Waals surface area contributed by atoms with Crippen LogP contribution in [-0.2, 0) is 6.61 Å². The summed E-state index contributed by atoms with van der Waals surface area (Å²) < 4.78 is 0. The van der Waals surface area contributed by atoms with E-state index in [2.05, 4.69) is 10.2 Å². The van der Waals surface area contributed by atoms with Crippen LogP contribution in [0, 0.1) is 0 Å². The Labute approximate surface area is 51.8 Å². The second kappa shape index (κ2) is 2.24. The van der Waals surface area contributed by atoms with Gasteiger partial charge in [0.05, 0.1) is 11.5 Å². The maximum absolute atomic E-state index is 8.40. The van der Waals surface area contributed by atoms with E-state index < -0.39 is 0 Å². The van der Waals surface area contributed by atoms with Crippen molar-refractivity contribution < 1.29 is 5.11 Å². The monoisotopic (exact) mass is 126 g/mol. The molecule has 8 heavy (non-hydrogen) atoms. The van der Waals surface area contributed by atoms with Crippen LogP contribution in [0.1, 0.15) is 5.01 Å². The molecule has 1 N–H and O–H groups in total. The lowest BCUT2D eigenvalue weighted by atomic mass is 10.2. The molecule has 1 rings (SSSR count). The minimum atomic E-state index is -0.0745. The van der Waals surface area contributed by atoms with E-state index in [1.165, 1.54) is 11.3 Å². The van der Waals surface area contributed by atoms with Gasteiger partial charge in [-0.2, -0.15) is 5.10 Å². The third-order valence-electron chi connectivity index (χ3n) is 0.618. The second-order valence-corrected chi connectivity index (χ2v) is 2.29. The van der Waals surface area contributed by atoms with Gasteiger partial charge in [-0.25, -0.2) is 0 Å². The van der Waals surface area contributed by atoms with E-state index in [1.54, 1.807) is 0 Å². The van der Waals surface area contributed by atoms with Crippen LogP contribution < -0.4 is 4.91 Å². The van der Waals surface area contributed by atoms with E-state index in [9.17, 15) is 0 Å². The molecule has 5 heteroatoms. The number of hydrogen-bond donors (Lipinski definition) is 1. The van der Waals surface area contributed by atoms with Crippen molar-refractivity contribution >= 4 is 24.1 Å². The van der Waals surface area contributed by atoms with Crippen LogP contribution >= 0.6 is 11.3 Å². The Bertz CT molecular complexity index is 178. The molecule has 3 nitrogen and oxygen atoms in total. The minimum Gasteiger partial charge on any atom is -0.389 e. The molecule has 1 heterocycles. The number of aliphatic hydroxyl groups is 1. The van der Waals surface area contributed by atoms with Gasteiger partial charge in [-0.15, -0.1) is 16.4 Å². The van der Waals surface area contributed by atoms with Crippen molar-refractivity contribution in [1.82, 2.24) is 10.2 Å². The van der Waals surface area contributed by atoms with Crippen LogP contribution in [0.2, 0.25) is 0 Å². The molecule has 0 aliphatic rings. The molecule has 40 valence electrons. The van der Waals surface area contributed by atoms with Crippen molar-refractivity contribution in [2.24, 2.45) is 0 Å². The zero-order valence-corrected chi connectivity index (χ0v) is 4.85. The van der Waals surface area contributed by atoms with Gasteiger partial charge in [-0.1, -0.05) is 0 Å². The van der Waals surface area contributed by atoms with E-state index in [-0.39, 0.29) is 6.61 Å². The van der Waals surface area contributed by atoms with Crippen molar-refractivity contribution in [2.75, 3.05) is 0 Å². The zero-order valence-electron chi connectivity index (χ0n) is 4.03. The molecule has 1 aromatic rings. The molecule has 0 bridgehead atoms. The predicted molar refractivity (Wildman–Crippen MR) is 31.2 cm³/mol. The quantitative estimate of drug-likeness (QED) is 0.482. The summed E-state index contributed by atoms with van der Waals surface area (Å²) in [4.78, 5) is 0.397. The van der Waals surface area contributed by atoms with Gasteiger partial charge in [-0.3, -0.25) is 0 Å². The summed E-state index contributed by atoms with van der Waals surface area (Å²) in [5.41, 5.74) is 0. The van der Waals surface area contributed by atoms with Gasteiger partial charge in [0, 0.05) is 0 Å². The Hall–Kier alpha value is -0.415. The summed E-state index contributed by atoms with van der Waals surface area (Å²) in [6.45, 7) is -0.0745. The number of nitrogens with zero attached hydrogens (tertiary/aromatic N) is 2. The van der Waals surface area contributed by atoms with Crippen LogP contribution in [0.5, 0.6) is 0 Å². The van der Waals surface area contributed by atoms with Gasteiger partial charge >= 0.3 is 0 Å². The smallest absolute Gasteiger partial charge is 0.159 e. The topological polar surface area (TPSA) is 46.0 Å². The first-order chi connectivity index (χ1) is 3.83. The number of aliphatic hydroxyl groups excluding tert-OH is 1. The highest BCUT2D eigenvalue weighted by Crippen LogP contribution is 1.95. The highest BCUT2D eigenvalue weighted by Gasteiger charge is 1.94. The molecule has 0 saturated heterocycles. The van der Waals surface area contributed by atoms with Gasteiger partial charge in [0.2, 0.25) is 0 Å². The fourth-order valence-corrected chi connectivity index (χ4v) is 0.800. The largest absolute Gasteiger partial charge is 0.389 e. The number of aromatic nitrogens is 2. The number of rotatable bonds is 1. The molecule has 0 aliphatic heterocycles. The molecule has 0 saturated carbocycles. The standard InChI is InChI=1S/C3H3BN2OS/c4-3-6-5-2(1-7)8-3/h7H,1H2. The Morgan fingerprint density at radius 3 is 2.62 bits per heavy atom. The van der Waals surface area contributed by atoms with Crippen molar-refractivity contribution in [3.05, 3.63) is 5.01 Å². The SMILES string of the molecule is [B]c1nnc(CO)s1. The Kier molecular flexibility index (Phi) is 1.60. The van der Waals surface area contributed by atoms with Crippen LogP contribution in [-0.4, -0.2) is 23.2 Å². The molecule has 0 aliphatic carbocycles. The maximum atomic E-state index is 8.40. The van der Waals surface area contributed by atoms with Gasteiger partial charge in [0.25, 0.3) is 0 Å². The molecule has 1 aromatic heterocycles. The van der Waals surface area contributed by atoms with Gasteiger partial charge < -0.3 is 5.11 Å². The lowest BCUT2D eigenvalue weighted by Crippen LogP contribution is -1.97. The van der Waals surface area contributed by atoms with E-state index in [0.717, 1.165) is 0 Å². The molecule has 0 fully saturated rings. The van der Waals surface area contributed by atoms with E-state index in [4.69, 9.17) is 13.0 Å². The third-order valence-corrected chi connectivity index (χ3v) is 1.35. The fourth-order valence-electron chi connectivity index (χ4n) is 0.330. The van der Waals surface area contributed by atoms with Crippen LogP contribution in [0.4, 0.5) is 0 Å². The van der Waals surface area contributed by atoms with Crippen LogP contribution in [0.25, 0.3) is 0 Å². The first-order valence-electron chi connectivity index (χ1n) is 2.01. The Morgan fingerprint density at radius 2 is 2.38 bits per heavy atom. The van der Waals surface area contributed by atoms with Crippen molar-refractivity contribution in [3.8, 4) is 0 Å². The van der Waals surface area contributed by atoms with E-state index in [0.29, 0.717) is 9.91 Å². The Morgan fingerprint density at radius 1 is 1.62 bits per heavy atom. The van der Waals surface area contributed by atoms with E-state index in [1.807, 2.05) is 0 Å². The average molecular weight is 126 g/mol. The van der Waals surface area contributed by atoms with Gasteiger partial charge in [-0.05, 0) is 0 Å². The summed E-state index contributed by atoms with van der Waals surface area (Å²) in [5.74, 6) is 0. The lowest BCUT2D eigenvalue weighted by Gasteiger charge is -1.76. The molecule has 0 amide bonds. The normalized spacial score (nSPS) is 9.62. The average Bonchev–Trinajstić information content (AvgIpc) is 2.14. The maximum Gasteiger partial charge on any atom is 0.159 e. The molecule has 0 unspecified atom stereocenters. The molecule has 0 aromatic carbocycles. The lowest BCUT2D eigenvalue weighted by molar-refractivity contribution is 0.280. The zero-order chi connectivity index (χ0) is 5.98. The van der Waals surface area contributed by atoms with Crippen molar-refractivity contribution in [3.63, 3.8) is 0 Å². The molecular weight excluding hydrogens is 123 g/mol. The summed E-state index contributed by atoms with van der Waals surface area (Å²) in [6.07, 6.45) is 0. The summed E-state index contributed by atoms with van der Waals surface area (Å²) in [5, 5.41) is 16.0. The number of hydrogen-bond acceptors (Lipinski definition) is 4. The van der Waals surface area contributed by atoms with Crippen molar-refractivity contribution in [2.45, 2.75) is 6.61 Å². The van der Waals surface area contributed by atoms with Crippen molar-refractivity contribution in [1.29, 1.82) is 0 Å². The molecule has 0 spiro atoms. The Balaban J connectivity index is 2.84. The predicted octanol–water partition coefficient (Wildman–Crippen LogP) is -1.18. The summed E-state index contributed by atoms with van der Waals surface area (Å²) in [7, 11) is 5.19. The molecular formula is C3H3BN2OS. The highest BCUT2D eigenvalue weighted by atomic mass is 32.1. The minimum absolute atomic E-state index is 0.0745. The first kappa shape index (κ1) is 5.72. The first-order valence-corrected chi connectivity index (χ1v) is 2.83. The molecule has 2 radical (unpaired) electrons.